The number of halogens is 1. The Morgan fingerprint density at radius 3 is 2.56 bits per heavy atom. The van der Waals surface area contributed by atoms with Crippen LogP contribution in [-0.2, 0) is 5.54 Å². The maximum absolute atomic E-state index is 11.6. The van der Waals surface area contributed by atoms with Crippen LogP contribution in [0.5, 0.6) is 0 Å². The first kappa shape index (κ1) is 18.7. The van der Waals surface area contributed by atoms with Gasteiger partial charge in [-0.2, -0.15) is 5.26 Å². The minimum Gasteiger partial charge on any atom is -0.465 e. The molecular weight excluding hydrogens is 410 g/mol. The smallest absolute Gasteiger partial charge is 0.405 e. The fourth-order valence-electron chi connectivity index (χ4n) is 3.25. The van der Waals surface area contributed by atoms with Crippen LogP contribution in [0.4, 0.5) is 4.79 Å². The number of aryl methyl sites for hydroxylation is 1. The van der Waals surface area contributed by atoms with Gasteiger partial charge in [0.1, 0.15) is 0 Å². The quantitative estimate of drug-likeness (QED) is 0.624. The average molecular weight is 426 g/mol. The SMILES string of the molecule is Cc1noc(-c2ccc(Br)cc2)c1C(C)(NC(=O)O)c1ccccc1C#N. The molecule has 1 unspecified atom stereocenters. The van der Waals surface area contributed by atoms with Crippen molar-refractivity contribution in [2.24, 2.45) is 0 Å². The molecule has 7 heteroatoms. The molecule has 0 bridgehead atoms. The predicted octanol–water partition coefficient (Wildman–Crippen LogP) is 4.82. The fraction of sp³-hybridized carbons (Fsp3) is 0.150. The van der Waals surface area contributed by atoms with E-state index in [-0.39, 0.29) is 0 Å². The number of nitriles is 1. The maximum Gasteiger partial charge on any atom is 0.405 e. The first-order chi connectivity index (χ1) is 12.9. The summed E-state index contributed by atoms with van der Waals surface area (Å²) in [6, 6.07) is 16.4. The summed E-state index contributed by atoms with van der Waals surface area (Å²) >= 11 is 3.40. The van der Waals surface area contributed by atoms with Gasteiger partial charge in [0.15, 0.2) is 5.76 Å². The van der Waals surface area contributed by atoms with Crippen LogP contribution in [0, 0.1) is 18.3 Å². The molecule has 1 atom stereocenters. The topological polar surface area (TPSA) is 99.2 Å². The highest BCUT2D eigenvalue weighted by Crippen LogP contribution is 2.40. The van der Waals surface area contributed by atoms with Gasteiger partial charge in [-0.25, -0.2) is 4.79 Å². The number of nitrogens with zero attached hydrogens (tertiary/aromatic N) is 2. The van der Waals surface area contributed by atoms with Crippen molar-refractivity contribution in [3.05, 3.63) is 75.4 Å². The molecule has 0 saturated heterocycles. The molecule has 3 aromatic rings. The molecule has 27 heavy (non-hydrogen) atoms. The molecule has 2 N–H and O–H groups in total. The summed E-state index contributed by atoms with van der Waals surface area (Å²) in [4.78, 5) is 11.6. The lowest BCUT2D eigenvalue weighted by molar-refractivity contribution is 0.184. The summed E-state index contributed by atoms with van der Waals surface area (Å²) in [5, 5.41) is 25.7. The predicted molar refractivity (Wildman–Crippen MR) is 103 cm³/mol. The van der Waals surface area contributed by atoms with Gasteiger partial charge in [-0.3, -0.25) is 0 Å². The number of hydrogen-bond acceptors (Lipinski definition) is 4. The van der Waals surface area contributed by atoms with E-state index >= 15 is 0 Å². The number of benzene rings is 2. The van der Waals surface area contributed by atoms with E-state index in [2.05, 4.69) is 32.5 Å². The summed E-state index contributed by atoms with van der Waals surface area (Å²) in [5.74, 6) is 0.448. The van der Waals surface area contributed by atoms with Crippen LogP contribution in [0.1, 0.15) is 29.3 Å². The molecule has 0 saturated carbocycles. The maximum atomic E-state index is 11.6. The largest absolute Gasteiger partial charge is 0.465 e. The molecule has 1 heterocycles. The number of hydrogen-bond donors (Lipinski definition) is 2. The van der Waals surface area contributed by atoms with Gasteiger partial charge in [-0.05, 0) is 37.6 Å². The molecule has 0 aliphatic rings. The standard InChI is InChI=1S/C20H16BrN3O3/c1-12-17(18(27-24-12)13-7-9-15(21)10-8-13)20(2,23-19(25)26)16-6-4-3-5-14(16)11-22/h3-10,23H,1-2H3,(H,25,26). The van der Waals surface area contributed by atoms with Crippen LogP contribution in [-0.4, -0.2) is 16.4 Å². The third-order valence-electron chi connectivity index (χ3n) is 4.41. The number of nitrogens with one attached hydrogen (secondary N) is 1. The number of carboxylic acid groups (broad SMARTS) is 1. The van der Waals surface area contributed by atoms with Crippen molar-refractivity contribution in [3.8, 4) is 17.4 Å². The Bertz CT molecular complexity index is 1040. The summed E-state index contributed by atoms with van der Waals surface area (Å²) in [6.45, 7) is 3.46. The molecule has 0 radical (unpaired) electrons. The van der Waals surface area contributed by atoms with Crippen molar-refractivity contribution in [1.82, 2.24) is 10.5 Å². The molecule has 0 fully saturated rings. The molecule has 1 aromatic heterocycles. The van der Waals surface area contributed by atoms with Crippen molar-refractivity contribution >= 4 is 22.0 Å². The first-order valence-corrected chi connectivity index (χ1v) is 8.89. The van der Waals surface area contributed by atoms with Gasteiger partial charge in [0.2, 0.25) is 0 Å². The number of rotatable bonds is 4. The van der Waals surface area contributed by atoms with Gasteiger partial charge in [-0.15, -0.1) is 0 Å². The lowest BCUT2D eigenvalue weighted by Crippen LogP contribution is -2.44. The van der Waals surface area contributed by atoms with Crippen molar-refractivity contribution in [1.29, 1.82) is 5.26 Å². The summed E-state index contributed by atoms with van der Waals surface area (Å²) < 4.78 is 6.47. The second kappa shape index (κ2) is 7.25. The van der Waals surface area contributed by atoms with Crippen molar-refractivity contribution in [3.63, 3.8) is 0 Å². The Hall–Kier alpha value is -3.11. The first-order valence-electron chi connectivity index (χ1n) is 8.10. The number of amides is 1. The minimum absolute atomic E-state index is 0.371. The third kappa shape index (κ3) is 3.44. The van der Waals surface area contributed by atoms with Gasteiger partial charge in [0.25, 0.3) is 0 Å². The van der Waals surface area contributed by atoms with E-state index in [1.54, 1.807) is 38.1 Å². The van der Waals surface area contributed by atoms with Gasteiger partial charge in [-0.1, -0.05) is 51.4 Å². The Morgan fingerprint density at radius 1 is 1.26 bits per heavy atom. The Morgan fingerprint density at radius 2 is 1.93 bits per heavy atom. The summed E-state index contributed by atoms with van der Waals surface area (Å²) in [5.41, 5.74) is 1.52. The highest BCUT2D eigenvalue weighted by atomic mass is 79.9. The van der Waals surface area contributed by atoms with Crippen LogP contribution < -0.4 is 5.32 Å². The van der Waals surface area contributed by atoms with Crippen LogP contribution in [0.25, 0.3) is 11.3 Å². The molecule has 0 spiro atoms. The zero-order valence-electron chi connectivity index (χ0n) is 14.7. The van der Waals surface area contributed by atoms with Gasteiger partial charge >= 0.3 is 6.09 Å². The van der Waals surface area contributed by atoms with E-state index in [4.69, 9.17) is 4.52 Å². The Kier molecular flexibility index (Phi) is 5.02. The van der Waals surface area contributed by atoms with Crippen molar-refractivity contribution in [2.45, 2.75) is 19.4 Å². The van der Waals surface area contributed by atoms with Gasteiger partial charge in [0.05, 0.1) is 28.4 Å². The van der Waals surface area contributed by atoms with Gasteiger partial charge in [0, 0.05) is 10.0 Å². The lowest BCUT2D eigenvalue weighted by Gasteiger charge is -2.31. The number of carbonyl (C=O) groups is 1. The third-order valence-corrected chi connectivity index (χ3v) is 4.94. The zero-order chi connectivity index (χ0) is 19.6. The highest BCUT2D eigenvalue weighted by molar-refractivity contribution is 9.10. The molecule has 1 amide bonds. The molecule has 0 aliphatic heterocycles. The molecule has 0 aliphatic carbocycles. The molecule has 3 rings (SSSR count). The van der Waals surface area contributed by atoms with E-state index < -0.39 is 11.6 Å². The monoisotopic (exact) mass is 425 g/mol. The van der Waals surface area contributed by atoms with Gasteiger partial charge < -0.3 is 14.9 Å². The Labute approximate surface area is 164 Å². The van der Waals surface area contributed by atoms with Crippen molar-refractivity contribution < 1.29 is 14.4 Å². The minimum atomic E-state index is -1.23. The molecule has 136 valence electrons. The van der Waals surface area contributed by atoms with E-state index in [0.717, 1.165) is 10.0 Å². The summed E-state index contributed by atoms with van der Waals surface area (Å²) in [7, 11) is 0. The molecule has 6 nitrogen and oxygen atoms in total. The molecule has 2 aromatic carbocycles. The second-order valence-electron chi connectivity index (χ2n) is 6.19. The van der Waals surface area contributed by atoms with Crippen LogP contribution in [0.15, 0.2) is 57.5 Å². The van der Waals surface area contributed by atoms with Crippen LogP contribution in [0.3, 0.4) is 0 Å². The number of aromatic nitrogens is 1. The zero-order valence-corrected chi connectivity index (χ0v) is 16.2. The van der Waals surface area contributed by atoms with E-state index in [9.17, 15) is 15.2 Å². The van der Waals surface area contributed by atoms with Crippen molar-refractivity contribution in [2.75, 3.05) is 0 Å². The summed E-state index contributed by atoms with van der Waals surface area (Å²) in [6.07, 6.45) is -1.22. The average Bonchev–Trinajstić information content (AvgIpc) is 3.04. The van der Waals surface area contributed by atoms with Crippen LogP contribution in [0.2, 0.25) is 0 Å². The fourth-order valence-corrected chi connectivity index (χ4v) is 3.52. The van der Waals surface area contributed by atoms with Crippen LogP contribution >= 0.6 is 15.9 Å². The highest BCUT2D eigenvalue weighted by Gasteiger charge is 2.39. The van der Waals surface area contributed by atoms with E-state index in [0.29, 0.717) is 28.1 Å². The second-order valence-corrected chi connectivity index (χ2v) is 7.11. The lowest BCUT2D eigenvalue weighted by atomic mass is 9.80. The van der Waals surface area contributed by atoms with E-state index in [1.165, 1.54) is 0 Å². The molecular formula is C20H16BrN3O3. The normalized spacial score (nSPS) is 12.8. The Balaban J connectivity index is 2.29. The van der Waals surface area contributed by atoms with E-state index in [1.807, 2.05) is 24.3 Å².